The molecule has 2 aliphatic rings. The number of aryl methyl sites for hydroxylation is 1. The van der Waals surface area contributed by atoms with Gasteiger partial charge in [0.05, 0.1) is 5.52 Å². The van der Waals surface area contributed by atoms with E-state index in [9.17, 15) is 4.79 Å². The first-order chi connectivity index (χ1) is 11.2. The number of amides is 1. The van der Waals surface area contributed by atoms with Crippen molar-refractivity contribution in [1.82, 2.24) is 19.7 Å². The summed E-state index contributed by atoms with van der Waals surface area (Å²) in [5.74, 6) is 0.942. The van der Waals surface area contributed by atoms with Gasteiger partial charge in [0.25, 0.3) is 0 Å². The van der Waals surface area contributed by atoms with Crippen LogP contribution in [0.15, 0.2) is 12.1 Å². The molecule has 1 saturated heterocycles. The highest BCUT2D eigenvalue weighted by Crippen LogP contribution is 2.56. The molecule has 2 aromatic rings. The number of halogens is 1. The van der Waals surface area contributed by atoms with Crippen LogP contribution in [-0.2, 0) is 4.74 Å². The molecule has 3 heterocycles. The van der Waals surface area contributed by atoms with Crippen molar-refractivity contribution in [3.05, 3.63) is 23.0 Å². The molecule has 7 heteroatoms. The average molecular weight is 349 g/mol. The van der Waals surface area contributed by atoms with E-state index in [1.807, 2.05) is 37.8 Å². The third kappa shape index (κ3) is 2.53. The van der Waals surface area contributed by atoms with Crippen LogP contribution in [-0.4, -0.2) is 44.4 Å². The Labute approximate surface area is 145 Å². The lowest BCUT2D eigenvalue weighted by Crippen LogP contribution is -2.37. The number of fused-ring (bicyclic) bond motifs is 2. The average Bonchev–Trinajstić information content (AvgIpc) is 2.82. The second-order valence-electron chi connectivity index (χ2n) is 7.80. The Balaban J connectivity index is 1.52. The summed E-state index contributed by atoms with van der Waals surface area (Å²) < 4.78 is 7.77. The Morgan fingerprint density at radius 1 is 1.25 bits per heavy atom. The number of hydrogen-bond donors (Lipinski definition) is 0. The van der Waals surface area contributed by atoms with E-state index in [2.05, 4.69) is 21.7 Å². The van der Waals surface area contributed by atoms with Gasteiger partial charge in [-0.1, -0.05) is 11.6 Å². The van der Waals surface area contributed by atoms with Gasteiger partial charge >= 0.3 is 6.09 Å². The predicted octanol–water partition coefficient (Wildman–Crippen LogP) is 3.43. The molecule has 1 saturated carbocycles. The maximum Gasteiger partial charge on any atom is 0.410 e. The molecule has 1 unspecified atom stereocenters. The van der Waals surface area contributed by atoms with Crippen molar-refractivity contribution in [1.29, 1.82) is 0 Å². The third-order valence-electron chi connectivity index (χ3n) is 4.86. The van der Waals surface area contributed by atoms with Gasteiger partial charge in [0.15, 0.2) is 5.15 Å². The van der Waals surface area contributed by atoms with Crippen molar-refractivity contribution >= 4 is 28.7 Å². The van der Waals surface area contributed by atoms with E-state index in [0.717, 1.165) is 29.8 Å². The largest absolute Gasteiger partial charge is 0.444 e. The van der Waals surface area contributed by atoms with Gasteiger partial charge in [0.2, 0.25) is 0 Å². The van der Waals surface area contributed by atoms with Gasteiger partial charge in [-0.15, -0.1) is 10.2 Å². The molecule has 4 rings (SSSR count). The Bertz CT molecular complexity index is 814. The SMILES string of the molecule is Cc1cc2nnc(Cl)cc2n1C1[C@H]2CN(C(=O)OC(C)(C)C)C[C@@H]12. The van der Waals surface area contributed by atoms with Crippen LogP contribution in [0, 0.1) is 18.8 Å². The summed E-state index contributed by atoms with van der Waals surface area (Å²) >= 11 is 6.02. The number of carbonyl (C=O) groups is 1. The molecule has 2 aromatic heterocycles. The molecule has 128 valence electrons. The highest BCUT2D eigenvalue weighted by molar-refractivity contribution is 6.29. The van der Waals surface area contributed by atoms with E-state index in [0.29, 0.717) is 23.0 Å². The molecule has 0 aromatic carbocycles. The van der Waals surface area contributed by atoms with E-state index in [4.69, 9.17) is 16.3 Å². The van der Waals surface area contributed by atoms with Gasteiger partial charge in [-0.05, 0) is 33.8 Å². The van der Waals surface area contributed by atoms with Gasteiger partial charge in [-0.2, -0.15) is 0 Å². The van der Waals surface area contributed by atoms with E-state index in [1.165, 1.54) is 0 Å². The fourth-order valence-corrected chi connectivity index (χ4v) is 4.01. The zero-order valence-corrected chi connectivity index (χ0v) is 15.0. The van der Waals surface area contributed by atoms with Gasteiger partial charge < -0.3 is 14.2 Å². The number of rotatable bonds is 1. The Morgan fingerprint density at radius 3 is 2.54 bits per heavy atom. The molecule has 0 N–H and O–H groups in total. The summed E-state index contributed by atoms with van der Waals surface area (Å²) in [5, 5.41) is 8.48. The van der Waals surface area contributed by atoms with Crippen LogP contribution in [0.2, 0.25) is 5.15 Å². The second kappa shape index (κ2) is 5.09. The van der Waals surface area contributed by atoms with E-state index < -0.39 is 5.60 Å². The Morgan fingerprint density at radius 2 is 1.92 bits per heavy atom. The van der Waals surface area contributed by atoms with Crippen LogP contribution in [0.5, 0.6) is 0 Å². The molecule has 1 amide bonds. The molecule has 6 nitrogen and oxygen atoms in total. The Kier molecular flexibility index (Phi) is 3.33. The lowest BCUT2D eigenvalue weighted by Gasteiger charge is -2.26. The lowest BCUT2D eigenvalue weighted by atomic mass is 10.2. The summed E-state index contributed by atoms with van der Waals surface area (Å²) in [4.78, 5) is 14.0. The van der Waals surface area contributed by atoms with Gasteiger partial charge in [0.1, 0.15) is 11.1 Å². The van der Waals surface area contributed by atoms with Crippen LogP contribution in [0.3, 0.4) is 0 Å². The van der Waals surface area contributed by atoms with Crippen molar-refractivity contribution in [3.8, 4) is 0 Å². The minimum absolute atomic E-state index is 0.212. The predicted molar refractivity (Wildman–Crippen MR) is 91.1 cm³/mol. The van der Waals surface area contributed by atoms with Gasteiger partial charge in [-0.3, -0.25) is 0 Å². The number of ether oxygens (including phenoxy) is 1. The molecule has 1 aliphatic heterocycles. The number of hydrogen-bond acceptors (Lipinski definition) is 4. The molecule has 2 fully saturated rings. The Hall–Kier alpha value is -1.82. The van der Waals surface area contributed by atoms with Crippen LogP contribution in [0.1, 0.15) is 32.5 Å². The molecule has 0 bridgehead atoms. The number of nitrogens with zero attached hydrogens (tertiary/aromatic N) is 4. The zero-order valence-electron chi connectivity index (χ0n) is 14.3. The molecular formula is C17H21ClN4O2. The highest BCUT2D eigenvalue weighted by atomic mass is 35.5. The first kappa shape index (κ1) is 15.7. The summed E-state index contributed by atoms with van der Waals surface area (Å²) in [6, 6.07) is 4.32. The lowest BCUT2D eigenvalue weighted by molar-refractivity contribution is 0.0267. The van der Waals surface area contributed by atoms with Crippen molar-refractivity contribution in [3.63, 3.8) is 0 Å². The molecule has 24 heavy (non-hydrogen) atoms. The van der Waals surface area contributed by atoms with E-state index >= 15 is 0 Å². The second-order valence-corrected chi connectivity index (χ2v) is 8.18. The molecule has 1 aliphatic carbocycles. The molecule has 3 atom stereocenters. The fourth-order valence-electron chi connectivity index (χ4n) is 3.87. The quantitative estimate of drug-likeness (QED) is 0.792. The van der Waals surface area contributed by atoms with Gasteiger partial charge in [-0.25, -0.2) is 4.79 Å². The summed E-state index contributed by atoms with van der Waals surface area (Å²) in [7, 11) is 0. The zero-order chi connectivity index (χ0) is 17.2. The maximum atomic E-state index is 12.2. The third-order valence-corrected chi connectivity index (χ3v) is 5.04. The van der Waals surface area contributed by atoms with Crippen molar-refractivity contribution in [2.24, 2.45) is 11.8 Å². The summed E-state index contributed by atoms with van der Waals surface area (Å²) in [5.41, 5.74) is 2.60. The highest BCUT2D eigenvalue weighted by Gasteiger charge is 2.58. The van der Waals surface area contributed by atoms with E-state index in [1.54, 1.807) is 0 Å². The normalized spacial score (nSPS) is 25.9. The van der Waals surface area contributed by atoms with E-state index in [-0.39, 0.29) is 6.09 Å². The summed E-state index contributed by atoms with van der Waals surface area (Å²) in [6.45, 7) is 9.25. The monoisotopic (exact) mass is 348 g/mol. The van der Waals surface area contributed by atoms with Gasteiger partial charge in [0, 0.05) is 42.7 Å². The number of carbonyl (C=O) groups excluding carboxylic acids is 1. The van der Waals surface area contributed by atoms with Crippen LogP contribution in [0.25, 0.3) is 11.0 Å². The molecular weight excluding hydrogens is 328 g/mol. The molecule has 0 spiro atoms. The minimum Gasteiger partial charge on any atom is -0.444 e. The summed E-state index contributed by atoms with van der Waals surface area (Å²) in [6.07, 6.45) is -0.212. The van der Waals surface area contributed by atoms with Crippen LogP contribution < -0.4 is 0 Å². The number of piperidine rings is 1. The standard InChI is InChI=1S/C17H21ClN4O2/c1-9-5-12-13(6-14(18)20-19-12)22(9)15-10-7-21(8-11(10)15)16(23)24-17(2,3)4/h5-6,10-11,15H,7-8H2,1-4H3/t10-,11+,15?. The number of aromatic nitrogens is 3. The van der Waals surface area contributed by atoms with Crippen molar-refractivity contribution in [2.75, 3.05) is 13.1 Å². The first-order valence-corrected chi connectivity index (χ1v) is 8.61. The fraction of sp³-hybridized carbons (Fsp3) is 0.588. The van der Waals surface area contributed by atoms with Crippen LogP contribution in [0.4, 0.5) is 4.79 Å². The van der Waals surface area contributed by atoms with Crippen LogP contribution >= 0.6 is 11.6 Å². The number of likely N-dealkylation sites (tertiary alicyclic amines) is 1. The maximum absolute atomic E-state index is 12.2. The van der Waals surface area contributed by atoms with Crippen molar-refractivity contribution in [2.45, 2.75) is 39.3 Å². The first-order valence-electron chi connectivity index (χ1n) is 8.23. The minimum atomic E-state index is -0.452. The topological polar surface area (TPSA) is 60.2 Å². The smallest absolute Gasteiger partial charge is 0.410 e. The molecule has 0 radical (unpaired) electrons. The van der Waals surface area contributed by atoms with Crippen molar-refractivity contribution < 1.29 is 9.53 Å².